The summed E-state index contributed by atoms with van der Waals surface area (Å²) in [6.07, 6.45) is 6.28. The molecule has 1 saturated heterocycles. The molecule has 1 N–H and O–H groups in total. The number of hydrogen-bond donors (Lipinski definition) is 1. The number of carbonyl (C=O) groups excluding carboxylic acids is 2. The second-order valence-electron chi connectivity index (χ2n) is 6.00. The zero-order chi connectivity index (χ0) is 17.9. The molecule has 0 aromatic carbocycles. The number of H-pyrrole nitrogens is 1. The summed E-state index contributed by atoms with van der Waals surface area (Å²) < 4.78 is 4.96. The number of piperazine rings is 1. The second-order valence-corrected chi connectivity index (χ2v) is 6.00. The first-order valence-corrected chi connectivity index (χ1v) is 8.29. The van der Waals surface area contributed by atoms with Crippen LogP contribution in [0.4, 0.5) is 0 Å². The monoisotopic (exact) mass is 351 g/mol. The van der Waals surface area contributed by atoms with Crippen molar-refractivity contribution >= 4 is 11.8 Å². The fourth-order valence-corrected chi connectivity index (χ4v) is 2.95. The molecule has 132 valence electrons. The van der Waals surface area contributed by atoms with E-state index >= 15 is 0 Å². The van der Waals surface area contributed by atoms with Gasteiger partial charge in [0.1, 0.15) is 12.0 Å². The number of furan rings is 1. The van der Waals surface area contributed by atoms with Crippen molar-refractivity contribution in [1.82, 2.24) is 25.0 Å². The summed E-state index contributed by atoms with van der Waals surface area (Å²) in [5, 5.41) is 7.01. The van der Waals surface area contributed by atoms with Crippen LogP contribution in [0.2, 0.25) is 0 Å². The molecule has 8 heteroatoms. The molecule has 0 aliphatic carbocycles. The number of nitrogens with zero attached hydrogens (tertiary/aromatic N) is 4. The van der Waals surface area contributed by atoms with Crippen molar-refractivity contribution in [3.05, 3.63) is 60.4 Å². The third kappa shape index (κ3) is 3.08. The van der Waals surface area contributed by atoms with Crippen LogP contribution >= 0.6 is 0 Å². The molecule has 0 saturated carbocycles. The lowest BCUT2D eigenvalue weighted by Gasteiger charge is -2.34. The fourth-order valence-electron chi connectivity index (χ4n) is 2.95. The Morgan fingerprint density at radius 1 is 1.00 bits per heavy atom. The quantitative estimate of drug-likeness (QED) is 0.774. The molecule has 0 atom stereocenters. The van der Waals surface area contributed by atoms with Crippen LogP contribution in [0.1, 0.15) is 20.8 Å². The summed E-state index contributed by atoms with van der Waals surface area (Å²) in [6.45, 7) is 1.93. The molecular weight excluding hydrogens is 334 g/mol. The van der Waals surface area contributed by atoms with E-state index in [9.17, 15) is 9.59 Å². The Bertz CT molecular complexity index is 896. The lowest BCUT2D eigenvalue weighted by Crippen LogP contribution is -2.50. The van der Waals surface area contributed by atoms with E-state index in [-0.39, 0.29) is 11.8 Å². The number of rotatable bonds is 3. The molecule has 4 heterocycles. The molecule has 0 bridgehead atoms. The highest BCUT2D eigenvalue weighted by Gasteiger charge is 2.26. The Labute approximate surface area is 149 Å². The molecular formula is C18H17N5O3. The third-order valence-electron chi connectivity index (χ3n) is 4.41. The Hall–Kier alpha value is -3.42. The highest BCUT2D eigenvalue weighted by atomic mass is 16.3. The van der Waals surface area contributed by atoms with Crippen LogP contribution in [0.5, 0.6) is 0 Å². The molecule has 1 aliphatic heterocycles. The maximum Gasteiger partial charge on any atom is 0.272 e. The standard InChI is InChI=1S/C18H17N5O3/c24-17(14-3-10-26-12-14)22-6-8-23(9-7-22)18(25)16-11-15(20-21-16)13-1-4-19-5-2-13/h1-5,10-12H,6-9H2,(H,20,21). The molecule has 1 fully saturated rings. The summed E-state index contributed by atoms with van der Waals surface area (Å²) >= 11 is 0. The lowest BCUT2D eigenvalue weighted by atomic mass is 10.2. The molecule has 4 rings (SSSR count). The van der Waals surface area contributed by atoms with Gasteiger partial charge in [-0.25, -0.2) is 0 Å². The third-order valence-corrected chi connectivity index (χ3v) is 4.41. The minimum Gasteiger partial charge on any atom is -0.472 e. The Morgan fingerprint density at radius 3 is 2.35 bits per heavy atom. The van der Waals surface area contributed by atoms with Crippen molar-refractivity contribution < 1.29 is 14.0 Å². The summed E-state index contributed by atoms with van der Waals surface area (Å²) in [4.78, 5) is 32.4. The molecule has 1 aliphatic rings. The number of aromatic nitrogens is 3. The fraction of sp³-hybridized carbons (Fsp3) is 0.222. The van der Waals surface area contributed by atoms with Crippen LogP contribution in [0, 0.1) is 0 Å². The van der Waals surface area contributed by atoms with Crippen LogP contribution in [0.15, 0.2) is 53.6 Å². The topological polar surface area (TPSA) is 95.3 Å². The van der Waals surface area contributed by atoms with Crippen LogP contribution < -0.4 is 0 Å². The van der Waals surface area contributed by atoms with Gasteiger partial charge in [-0.3, -0.25) is 19.7 Å². The van der Waals surface area contributed by atoms with Gasteiger partial charge in [0.2, 0.25) is 0 Å². The molecule has 8 nitrogen and oxygen atoms in total. The first-order valence-electron chi connectivity index (χ1n) is 8.29. The minimum atomic E-state index is -0.117. The number of amides is 2. The summed E-state index contributed by atoms with van der Waals surface area (Å²) in [5.41, 5.74) is 2.56. The Kier molecular flexibility index (Phi) is 4.22. The van der Waals surface area contributed by atoms with Crippen molar-refractivity contribution in [1.29, 1.82) is 0 Å². The SMILES string of the molecule is O=C(c1ccoc1)N1CCN(C(=O)c2cc(-c3ccncc3)n[nH]2)CC1. The van der Waals surface area contributed by atoms with Crippen molar-refractivity contribution in [3.63, 3.8) is 0 Å². The van der Waals surface area contributed by atoms with E-state index in [1.54, 1.807) is 34.3 Å². The van der Waals surface area contributed by atoms with E-state index < -0.39 is 0 Å². The first kappa shape index (κ1) is 16.1. The summed E-state index contributed by atoms with van der Waals surface area (Å²) in [6, 6.07) is 7.06. The molecule has 26 heavy (non-hydrogen) atoms. The maximum atomic E-state index is 12.7. The van der Waals surface area contributed by atoms with E-state index in [4.69, 9.17) is 4.42 Å². The predicted molar refractivity (Wildman–Crippen MR) is 92.3 cm³/mol. The van der Waals surface area contributed by atoms with Crippen LogP contribution in [0.25, 0.3) is 11.3 Å². The van der Waals surface area contributed by atoms with Gasteiger partial charge >= 0.3 is 0 Å². The van der Waals surface area contributed by atoms with Gasteiger partial charge in [-0.2, -0.15) is 5.10 Å². The van der Waals surface area contributed by atoms with Gasteiger partial charge < -0.3 is 14.2 Å². The van der Waals surface area contributed by atoms with Gasteiger partial charge in [-0.1, -0.05) is 0 Å². The number of nitrogens with one attached hydrogen (secondary N) is 1. The van der Waals surface area contributed by atoms with Crippen molar-refractivity contribution in [2.24, 2.45) is 0 Å². The molecule has 0 unspecified atom stereocenters. The van der Waals surface area contributed by atoms with Crippen LogP contribution in [-0.2, 0) is 0 Å². The first-order chi connectivity index (χ1) is 12.7. The smallest absolute Gasteiger partial charge is 0.272 e. The molecule has 3 aromatic rings. The number of hydrogen-bond acceptors (Lipinski definition) is 5. The van der Waals surface area contributed by atoms with E-state index in [1.165, 1.54) is 12.5 Å². The maximum absolute atomic E-state index is 12.7. The largest absolute Gasteiger partial charge is 0.472 e. The van der Waals surface area contributed by atoms with Crippen molar-refractivity contribution in [3.8, 4) is 11.3 Å². The van der Waals surface area contributed by atoms with Gasteiger partial charge in [0.25, 0.3) is 11.8 Å². The van der Waals surface area contributed by atoms with Crippen molar-refractivity contribution in [2.75, 3.05) is 26.2 Å². The second kappa shape index (κ2) is 6.83. The average molecular weight is 351 g/mol. The molecule has 3 aromatic heterocycles. The van der Waals surface area contributed by atoms with Gasteiger partial charge in [-0.05, 0) is 24.3 Å². The molecule has 2 amide bonds. The van der Waals surface area contributed by atoms with Gasteiger partial charge in [0.15, 0.2) is 0 Å². The van der Waals surface area contributed by atoms with Crippen LogP contribution in [0.3, 0.4) is 0 Å². The van der Waals surface area contributed by atoms with Gasteiger partial charge in [0, 0.05) is 44.1 Å². The molecule has 0 radical (unpaired) electrons. The number of carbonyl (C=O) groups is 2. The molecule has 0 spiro atoms. The van der Waals surface area contributed by atoms with Crippen molar-refractivity contribution in [2.45, 2.75) is 0 Å². The Balaban J connectivity index is 1.40. The summed E-state index contributed by atoms with van der Waals surface area (Å²) in [7, 11) is 0. The summed E-state index contributed by atoms with van der Waals surface area (Å²) in [5.74, 6) is -0.194. The van der Waals surface area contributed by atoms with Crippen LogP contribution in [-0.4, -0.2) is 63.0 Å². The predicted octanol–water partition coefficient (Wildman–Crippen LogP) is 1.66. The number of pyridine rings is 1. The highest BCUT2D eigenvalue weighted by molar-refractivity contribution is 5.95. The zero-order valence-corrected chi connectivity index (χ0v) is 14.0. The zero-order valence-electron chi connectivity index (χ0n) is 14.0. The lowest BCUT2D eigenvalue weighted by molar-refractivity contribution is 0.0532. The number of aromatic amines is 1. The van der Waals surface area contributed by atoms with E-state index in [0.29, 0.717) is 43.1 Å². The van der Waals surface area contributed by atoms with E-state index in [1.807, 2.05) is 12.1 Å². The van der Waals surface area contributed by atoms with Gasteiger partial charge in [-0.15, -0.1) is 0 Å². The van der Waals surface area contributed by atoms with E-state index in [2.05, 4.69) is 15.2 Å². The van der Waals surface area contributed by atoms with E-state index in [0.717, 1.165) is 5.56 Å². The average Bonchev–Trinajstić information content (AvgIpc) is 3.40. The van der Waals surface area contributed by atoms with Gasteiger partial charge in [0.05, 0.1) is 17.5 Å². The normalized spacial score (nSPS) is 14.5. The minimum absolute atomic E-state index is 0.0765. The Morgan fingerprint density at radius 2 is 1.69 bits per heavy atom. The highest BCUT2D eigenvalue weighted by Crippen LogP contribution is 2.18.